The molecular formula is C24H32N4O3. The summed E-state index contributed by atoms with van der Waals surface area (Å²) in [6.45, 7) is 8.72. The maximum atomic E-state index is 12.2. The number of ether oxygens (including phenoxy) is 1. The van der Waals surface area contributed by atoms with Gasteiger partial charge in [-0.2, -0.15) is 5.10 Å². The number of unbranched alkanes of at least 4 members (excludes halogenated alkanes) is 1. The second-order valence-electron chi connectivity index (χ2n) is 6.97. The molecule has 0 aliphatic heterocycles. The highest BCUT2D eigenvalue weighted by Crippen LogP contribution is 2.14. The molecule has 7 heteroatoms. The SMILES string of the molecule is CCCCOc1ccc(C(=O)NCC(=O)N/N=C/c2ccc(N(CC)CC)cc2)cc1. The number of rotatable bonds is 12. The van der Waals surface area contributed by atoms with Gasteiger partial charge in [-0.3, -0.25) is 9.59 Å². The quantitative estimate of drug-likeness (QED) is 0.310. The van der Waals surface area contributed by atoms with Crippen molar-refractivity contribution in [2.24, 2.45) is 5.10 Å². The Morgan fingerprint density at radius 2 is 1.68 bits per heavy atom. The number of nitrogens with zero attached hydrogens (tertiary/aromatic N) is 2. The first-order valence-electron chi connectivity index (χ1n) is 10.7. The fourth-order valence-corrected chi connectivity index (χ4v) is 2.88. The molecule has 7 nitrogen and oxygen atoms in total. The Morgan fingerprint density at radius 1 is 1.00 bits per heavy atom. The molecular weight excluding hydrogens is 392 g/mol. The molecule has 0 aromatic heterocycles. The van der Waals surface area contributed by atoms with Gasteiger partial charge in [0.1, 0.15) is 5.75 Å². The molecule has 0 aliphatic rings. The lowest BCUT2D eigenvalue weighted by Gasteiger charge is -2.20. The summed E-state index contributed by atoms with van der Waals surface area (Å²) in [6.07, 6.45) is 3.62. The van der Waals surface area contributed by atoms with Crippen molar-refractivity contribution in [2.45, 2.75) is 33.6 Å². The fourth-order valence-electron chi connectivity index (χ4n) is 2.88. The molecule has 0 unspecified atom stereocenters. The van der Waals surface area contributed by atoms with E-state index < -0.39 is 5.91 Å². The number of hydrogen-bond acceptors (Lipinski definition) is 5. The third-order valence-electron chi connectivity index (χ3n) is 4.72. The van der Waals surface area contributed by atoms with E-state index in [-0.39, 0.29) is 12.5 Å². The standard InChI is InChI=1S/C24H32N4O3/c1-4-7-16-31-22-14-10-20(11-15-22)24(30)25-18-23(29)27-26-17-19-8-12-21(13-9-19)28(5-2)6-3/h8-15,17H,4-7,16,18H2,1-3H3,(H,25,30)(H,27,29)/b26-17+. The molecule has 0 fully saturated rings. The molecule has 2 aromatic carbocycles. The number of carbonyl (C=O) groups is 2. The number of anilines is 1. The van der Waals surface area contributed by atoms with Gasteiger partial charge in [-0.25, -0.2) is 5.43 Å². The summed E-state index contributed by atoms with van der Waals surface area (Å²) in [5, 5.41) is 6.53. The Kier molecular flexibility index (Phi) is 10.1. The maximum absolute atomic E-state index is 12.2. The number of nitrogens with one attached hydrogen (secondary N) is 2. The van der Waals surface area contributed by atoms with Gasteiger partial charge in [0.25, 0.3) is 11.8 Å². The first-order valence-corrected chi connectivity index (χ1v) is 10.7. The van der Waals surface area contributed by atoms with Gasteiger partial charge in [-0.15, -0.1) is 0 Å². The third kappa shape index (κ3) is 8.12. The Morgan fingerprint density at radius 3 is 2.29 bits per heavy atom. The largest absolute Gasteiger partial charge is 0.494 e. The summed E-state index contributed by atoms with van der Waals surface area (Å²) < 4.78 is 5.58. The van der Waals surface area contributed by atoms with Crippen LogP contribution in [0.3, 0.4) is 0 Å². The molecule has 31 heavy (non-hydrogen) atoms. The topological polar surface area (TPSA) is 83.0 Å². The molecule has 0 saturated heterocycles. The van der Waals surface area contributed by atoms with Crippen molar-refractivity contribution < 1.29 is 14.3 Å². The van der Waals surface area contributed by atoms with Crippen LogP contribution in [-0.2, 0) is 4.79 Å². The van der Waals surface area contributed by atoms with Crippen LogP contribution in [0.15, 0.2) is 53.6 Å². The third-order valence-corrected chi connectivity index (χ3v) is 4.72. The number of benzene rings is 2. The van der Waals surface area contributed by atoms with E-state index >= 15 is 0 Å². The van der Waals surface area contributed by atoms with E-state index in [2.05, 4.69) is 41.5 Å². The average Bonchev–Trinajstić information content (AvgIpc) is 2.80. The van der Waals surface area contributed by atoms with Gasteiger partial charge in [-0.05, 0) is 62.2 Å². The first kappa shape index (κ1) is 23.9. The van der Waals surface area contributed by atoms with Gasteiger partial charge >= 0.3 is 0 Å². The second kappa shape index (κ2) is 13.1. The van der Waals surface area contributed by atoms with Gasteiger partial charge in [0.15, 0.2) is 0 Å². The molecule has 2 amide bonds. The Bertz CT molecular complexity index is 844. The van der Waals surface area contributed by atoms with Gasteiger partial charge in [-0.1, -0.05) is 25.5 Å². The maximum Gasteiger partial charge on any atom is 0.259 e. The molecule has 0 heterocycles. The zero-order valence-corrected chi connectivity index (χ0v) is 18.6. The molecule has 2 aromatic rings. The molecule has 166 valence electrons. The van der Waals surface area contributed by atoms with Crippen molar-refractivity contribution in [3.63, 3.8) is 0 Å². The van der Waals surface area contributed by atoms with Crippen LogP contribution in [0.4, 0.5) is 5.69 Å². The Labute approximate surface area is 184 Å². The van der Waals surface area contributed by atoms with Crippen LogP contribution in [0.2, 0.25) is 0 Å². The van der Waals surface area contributed by atoms with Crippen LogP contribution >= 0.6 is 0 Å². The van der Waals surface area contributed by atoms with Crippen molar-refractivity contribution in [3.05, 3.63) is 59.7 Å². The van der Waals surface area contributed by atoms with Gasteiger partial charge < -0.3 is 15.0 Å². The van der Waals surface area contributed by atoms with Crippen LogP contribution in [0.1, 0.15) is 49.5 Å². The summed E-state index contributed by atoms with van der Waals surface area (Å²) in [4.78, 5) is 26.4. The zero-order valence-electron chi connectivity index (χ0n) is 18.6. The minimum atomic E-state index is -0.399. The average molecular weight is 425 g/mol. The molecule has 2 rings (SSSR count). The van der Waals surface area contributed by atoms with E-state index in [4.69, 9.17) is 4.74 Å². The van der Waals surface area contributed by atoms with Crippen LogP contribution in [-0.4, -0.2) is 44.3 Å². The van der Waals surface area contributed by atoms with E-state index in [0.29, 0.717) is 12.2 Å². The molecule has 0 bridgehead atoms. The smallest absolute Gasteiger partial charge is 0.259 e. The van der Waals surface area contributed by atoms with Crippen molar-refractivity contribution in [1.29, 1.82) is 0 Å². The lowest BCUT2D eigenvalue weighted by atomic mass is 10.2. The lowest BCUT2D eigenvalue weighted by molar-refractivity contribution is -0.120. The summed E-state index contributed by atoms with van der Waals surface area (Å²) in [6, 6.07) is 14.8. The van der Waals surface area contributed by atoms with Crippen molar-refractivity contribution in [1.82, 2.24) is 10.7 Å². The predicted molar refractivity (Wildman–Crippen MR) is 125 cm³/mol. The minimum Gasteiger partial charge on any atom is -0.494 e. The first-order chi connectivity index (χ1) is 15.1. The number of hydrazone groups is 1. The second-order valence-corrected chi connectivity index (χ2v) is 6.97. The van der Waals surface area contributed by atoms with Crippen molar-refractivity contribution in [3.8, 4) is 5.75 Å². The minimum absolute atomic E-state index is 0.161. The van der Waals surface area contributed by atoms with Crippen molar-refractivity contribution in [2.75, 3.05) is 31.1 Å². The van der Waals surface area contributed by atoms with Crippen LogP contribution in [0.5, 0.6) is 5.75 Å². The summed E-state index contributed by atoms with van der Waals surface area (Å²) in [5.74, 6) is -0.00248. The Hall–Kier alpha value is -3.35. The zero-order chi connectivity index (χ0) is 22.5. The van der Waals surface area contributed by atoms with E-state index in [0.717, 1.165) is 42.9 Å². The summed E-state index contributed by atoms with van der Waals surface area (Å²) in [7, 11) is 0. The van der Waals surface area contributed by atoms with Crippen LogP contribution in [0.25, 0.3) is 0 Å². The fraction of sp³-hybridized carbons (Fsp3) is 0.375. The van der Waals surface area contributed by atoms with Gasteiger partial charge in [0.2, 0.25) is 0 Å². The Balaban J connectivity index is 1.75. The highest BCUT2D eigenvalue weighted by Gasteiger charge is 2.08. The lowest BCUT2D eigenvalue weighted by Crippen LogP contribution is -2.34. The van der Waals surface area contributed by atoms with E-state index in [1.54, 1.807) is 30.5 Å². The molecule has 0 saturated carbocycles. The molecule has 0 atom stereocenters. The highest BCUT2D eigenvalue weighted by atomic mass is 16.5. The summed E-state index contributed by atoms with van der Waals surface area (Å²) in [5.41, 5.74) is 4.91. The van der Waals surface area contributed by atoms with E-state index in [1.165, 1.54) is 0 Å². The van der Waals surface area contributed by atoms with E-state index in [9.17, 15) is 9.59 Å². The van der Waals surface area contributed by atoms with Gasteiger partial charge in [0, 0.05) is 24.3 Å². The highest BCUT2D eigenvalue weighted by molar-refractivity contribution is 5.96. The molecule has 0 radical (unpaired) electrons. The monoisotopic (exact) mass is 424 g/mol. The van der Waals surface area contributed by atoms with E-state index in [1.807, 2.05) is 24.3 Å². The number of carbonyl (C=O) groups excluding carboxylic acids is 2. The van der Waals surface area contributed by atoms with Gasteiger partial charge in [0.05, 0.1) is 19.4 Å². The van der Waals surface area contributed by atoms with Crippen LogP contribution < -0.4 is 20.4 Å². The van der Waals surface area contributed by atoms with Crippen LogP contribution in [0, 0.1) is 0 Å². The summed E-state index contributed by atoms with van der Waals surface area (Å²) >= 11 is 0. The molecule has 2 N–H and O–H groups in total. The normalized spacial score (nSPS) is 10.7. The molecule has 0 spiro atoms. The predicted octanol–water partition coefficient (Wildman–Crippen LogP) is 3.59. The number of amides is 2. The number of hydrogen-bond donors (Lipinski definition) is 2. The van der Waals surface area contributed by atoms with Crippen molar-refractivity contribution >= 4 is 23.7 Å². The molecule has 0 aliphatic carbocycles.